The Hall–Kier alpha value is -2.73. The Balaban J connectivity index is 1.33. The highest BCUT2D eigenvalue weighted by atomic mass is 35.5. The molecular formula is C28H32ClN5. The Bertz CT molecular complexity index is 1240. The van der Waals surface area contributed by atoms with Gasteiger partial charge in [-0.25, -0.2) is 9.50 Å². The van der Waals surface area contributed by atoms with Crippen molar-refractivity contribution in [3.63, 3.8) is 0 Å². The molecule has 34 heavy (non-hydrogen) atoms. The summed E-state index contributed by atoms with van der Waals surface area (Å²) in [5.41, 5.74) is 7.04. The number of piperidine rings is 1. The van der Waals surface area contributed by atoms with Crippen LogP contribution >= 0.6 is 11.6 Å². The predicted molar refractivity (Wildman–Crippen MR) is 138 cm³/mol. The number of hydrogen-bond acceptors (Lipinski definition) is 4. The van der Waals surface area contributed by atoms with Crippen molar-refractivity contribution >= 4 is 17.2 Å². The first-order valence-electron chi connectivity index (χ1n) is 12.2. The minimum absolute atomic E-state index is 0.263. The van der Waals surface area contributed by atoms with Crippen LogP contribution in [0.2, 0.25) is 5.02 Å². The molecule has 2 aromatic carbocycles. The fourth-order valence-electron chi connectivity index (χ4n) is 5.03. The van der Waals surface area contributed by atoms with Crippen LogP contribution < -0.4 is 5.32 Å². The molecule has 176 valence electrons. The van der Waals surface area contributed by atoms with Crippen molar-refractivity contribution in [2.24, 2.45) is 0 Å². The number of rotatable bonds is 7. The second-order valence-corrected chi connectivity index (χ2v) is 9.82. The van der Waals surface area contributed by atoms with E-state index in [9.17, 15) is 0 Å². The van der Waals surface area contributed by atoms with Gasteiger partial charge in [-0.2, -0.15) is 5.10 Å². The highest BCUT2D eigenvalue weighted by molar-refractivity contribution is 6.30. The van der Waals surface area contributed by atoms with Crippen molar-refractivity contribution < 1.29 is 0 Å². The van der Waals surface area contributed by atoms with E-state index in [1.54, 1.807) is 0 Å². The standard InChI is InChI=1S/C28H32ClN5/c1-20(23-7-4-3-5-8-23)31-17-26-21(2)32-34-27(14-15-30-28(26)34)24-9-6-16-33(19-24)18-22-10-12-25(29)13-11-22/h3-5,7-8,10-15,20,24,31H,6,9,16-19H2,1-2H3/t20-,24-/m0/s1. The summed E-state index contributed by atoms with van der Waals surface area (Å²) in [6.45, 7) is 8.14. The Labute approximate surface area is 206 Å². The molecule has 6 heteroatoms. The van der Waals surface area contributed by atoms with E-state index < -0.39 is 0 Å². The summed E-state index contributed by atoms with van der Waals surface area (Å²) in [5, 5.41) is 9.39. The summed E-state index contributed by atoms with van der Waals surface area (Å²) < 4.78 is 2.09. The number of likely N-dealkylation sites (tertiary alicyclic amines) is 1. The number of fused-ring (bicyclic) bond motifs is 1. The van der Waals surface area contributed by atoms with E-state index in [0.29, 0.717) is 5.92 Å². The number of nitrogens with one attached hydrogen (secondary N) is 1. The number of aryl methyl sites for hydroxylation is 1. The van der Waals surface area contributed by atoms with Gasteiger partial charge in [-0.15, -0.1) is 0 Å². The van der Waals surface area contributed by atoms with Crippen LogP contribution in [0, 0.1) is 6.92 Å². The first-order chi connectivity index (χ1) is 16.6. The van der Waals surface area contributed by atoms with Gasteiger partial charge in [0.2, 0.25) is 0 Å². The summed E-state index contributed by atoms with van der Waals surface area (Å²) in [6, 6.07) is 21.2. The van der Waals surface area contributed by atoms with Crippen molar-refractivity contribution in [3.05, 3.63) is 100.0 Å². The molecule has 1 saturated heterocycles. The Morgan fingerprint density at radius 2 is 1.88 bits per heavy atom. The lowest BCUT2D eigenvalue weighted by Crippen LogP contribution is -2.34. The summed E-state index contributed by atoms with van der Waals surface area (Å²) in [7, 11) is 0. The smallest absolute Gasteiger partial charge is 0.159 e. The molecular weight excluding hydrogens is 442 g/mol. The van der Waals surface area contributed by atoms with Gasteiger partial charge in [0.15, 0.2) is 5.65 Å². The highest BCUT2D eigenvalue weighted by Gasteiger charge is 2.25. The average Bonchev–Trinajstić information content (AvgIpc) is 3.19. The van der Waals surface area contributed by atoms with Crippen molar-refractivity contribution in [3.8, 4) is 0 Å². The molecule has 1 fully saturated rings. The fourth-order valence-corrected chi connectivity index (χ4v) is 5.16. The third-order valence-corrected chi connectivity index (χ3v) is 7.22. The maximum absolute atomic E-state index is 6.06. The van der Waals surface area contributed by atoms with E-state index in [1.807, 2.05) is 18.3 Å². The zero-order valence-corrected chi connectivity index (χ0v) is 20.7. The number of nitrogens with zero attached hydrogens (tertiary/aromatic N) is 4. The lowest BCUT2D eigenvalue weighted by atomic mass is 9.94. The highest BCUT2D eigenvalue weighted by Crippen LogP contribution is 2.29. The second-order valence-electron chi connectivity index (χ2n) is 9.38. The lowest BCUT2D eigenvalue weighted by Gasteiger charge is -2.33. The van der Waals surface area contributed by atoms with Crippen LogP contribution in [0.1, 0.15) is 59.8 Å². The molecule has 3 heterocycles. The van der Waals surface area contributed by atoms with Crippen molar-refractivity contribution in [2.75, 3.05) is 13.1 Å². The molecule has 2 aromatic heterocycles. The van der Waals surface area contributed by atoms with Gasteiger partial charge in [0, 0.05) is 48.4 Å². The largest absolute Gasteiger partial charge is 0.306 e. The van der Waals surface area contributed by atoms with Crippen molar-refractivity contribution in [1.29, 1.82) is 0 Å². The van der Waals surface area contributed by atoms with Gasteiger partial charge in [0.25, 0.3) is 0 Å². The average molecular weight is 474 g/mol. The molecule has 0 spiro atoms. The quantitative estimate of drug-likeness (QED) is 0.362. The monoisotopic (exact) mass is 473 g/mol. The molecule has 2 atom stereocenters. The molecule has 0 unspecified atom stereocenters. The Morgan fingerprint density at radius 3 is 2.68 bits per heavy atom. The second kappa shape index (κ2) is 10.3. The van der Waals surface area contributed by atoms with Crippen LogP contribution in [0.25, 0.3) is 5.65 Å². The molecule has 4 aromatic rings. The van der Waals surface area contributed by atoms with Crippen LogP contribution in [-0.2, 0) is 13.1 Å². The van der Waals surface area contributed by atoms with E-state index in [2.05, 4.69) is 77.1 Å². The first-order valence-corrected chi connectivity index (χ1v) is 12.5. The Morgan fingerprint density at radius 1 is 1.09 bits per heavy atom. The zero-order chi connectivity index (χ0) is 23.5. The van der Waals surface area contributed by atoms with Crippen LogP contribution in [0.4, 0.5) is 0 Å². The number of hydrogen-bond donors (Lipinski definition) is 1. The summed E-state index contributed by atoms with van der Waals surface area (Å²) in [6.07, 6.45) is 4.31. The molecule has 0 radical (unpaired) electrons. The molecule has 1 aliphatic rings. The van der Waals surface area contributed by atoms with Crippen LogP contribution in [0.5, 0.6) is 0 Å². The third kappa shape index (κ3) is 5.02. The zero-order valence-electron chi connectivity index (χ0n) is 19.9. The van der Waals surface area contributed by atoms with Gasteiger partial charge in [0.1, 0.15) is 0 Å². The van der Waals surface area contributed by atoms with Gasteiger partial charge in [-0.05, 0) is 62.6 Å². The predicted octanol–water partition coefficient (Wildman–Crippen LogP) is 5.92. The minimum Gasteiger partial charge on any atom is -0.306 e. The molecule has 1 aliphatic heterocycles. The molecule has 5 nitrogen and oxygen atoms in total. The maximum atomic E-state index is 6.06. The van der Waals surface area contributed by atoms with Gasteiger partial charge in [-0.1, -0.05) is 54.1 Å². The molecule has 0 bridgehead atoms. The van der Waals surface area contributed by atoms with E-state index >= 15 is 0 Å². The van der Waals surface area contributed by atoms with Crippen LogP contribution in [-0.4, -0.2) is 32.6 Å². The topological polar surface area (TPSA) is 45.5 Å². The van der Waals surface area contributed by atoms with Gasteiger partial charge < -0.3 is 5.32 Å². The normalized spacial score (nSPS) is 17.8. The van der Waals surface area contributed by atoms with Gasteiger partial charge in [-0.3, -0.25) is 4.90 Å². The summed E-state index contributed by atoms with van der Waals surface area (Å²) >= 11 is 6.06. The van der Waals surface area contributed by atoms with Gasteiger partial charge >= 0.3 is 0 Å². The molecule has 0 aliphatic carbocycles. The fraction of sp³-hybridized carbons (Fsp3) is 0.357. The summed E-state index contributed by atoms with van der Waals surface area (Å²) in [4.78, 5) is 7.28. The number of benzene rings is 2. The van der Waals surface area contributed by atoms with E-state index in [-0.39, 0.29) is 6.04 Å². The lowest BCUT2D eigenvalue weighted by molar-refractivity contribution is 0.197. The maximum Gasteiger partial charge on any atom is 0.159 e. The van der Waals surface area contributed by atoms with E-state index in [0.717, 1.165) is 42.5 Å². The van der Waals surface area contributed by atoms with Gasteiger partial charge in [0.05, 0.1) is 11.4 Å². The first kappa shape index (κ1) is 23.0. The van der Waals surface area contributed by atoms with E-state index in [4.69, 9.17) is 21.7 Å². The Kier molecular flexibility index (Phi) is 6.95. The third-order valence-electron chi connectivity index (χ3n) is 6.97. The van der Waals surface area contributed by atoms with E-state index in [1.165, 1.54) is 35.2 Å². The van der Waals surface area contributed by atoms with Crippen LogP contribution in [0.3, 0.4) is 0 Å². The SMILES string of the molecule is Cc1nn2c([C@H]3CCCN(Cc4ccc(Cl)cc4)C3)ccnc2c1CN[C@@H](C)c1ccccc1. The molecule has 0 saturated carbocycles. The molecule has 5 rings (SSSR count). The van der Waals surface area contributed by atoms with Crippen molar-refractivity contribution in [2.45, 2.75) is 51.7 Å². The summed E-state index contributed by atoms with van der Waals surface area (Å²) in [5.74, 6) is 0.440. The minimum atomic E-state index is 0.263. The molecule has 0 amide bonds. The number of aromatic nitrogens is 3. The molecule has 1 N–H and O–H groups in total. The van der Waals surface area contributed by atoms with Crippen LogP contribution in [0.15, 0.2) is 66.9 Å². The number of halogens is 1. The van der Waals surface area contributed by atoms with Crippen molar-refractivity contribution in [1.82, 2.24) is 24.8 Å².